The summed E-state index contributed by atoms with van der Waals surface area (Å²) < 4.78 is 4.89. The highest BCUT2D eigenvalue weighted by atomic mass is 35.5. The first-order valence-electron chi connectivity index (χ1n) is 5.62. The Hall–Kier alpha value is -0.390. The third kappa shape index (κ3) is 2.84. The quantitative estimate of drug-likeness (QED) is 0.646. The Morgan fingerprint density at radius 3 is 2.75 bits per heavy atom. The van der Waals surface area contributed by atoms with Crippen LogP contribution in [0.15, 0.2) is 4.52 Å². The van der Waals surface area contributed by atoms with Crippen molar-refractivity contribution in [3.05, 3.63) is 10.7 Å². The molecule has 1 aliphatic carbocycles. The molecule has 90 valence electrons. The van der Waals surface area contributed by atoms with Crippen molar-refractivity contribution in [1.29, 1.82) is 0 Å². The van der Waals surface area contributed by atoms with Gasteiger partial charge in [-0.05, 0) is 42.3 Å². The van der Waals surface area contributed by atoms with E-state index in [1.165, 1.54) is 32.1 Å². The van der Waals surface area contributed by atoms with Crippen molar-refractivity contribution in [2.75, 3.05) is 6.54 Å². The summed E-state index contributed by atoms with van der Waals surface area (Å²) in [4.78, 5) is 6.10. The van der Waals surface area contributed by atoms with Gasteiger partial charge in [-0.3, -0.25) is 4.98 Å². The first-order valence-corrected chi connectivity index (χ1v) is 6.41. The number of rotatable bonds is 4. The van der Waals surface area contributed by atoms with E-state index in [1.807, 2.05) is 0 Å². The molecule has 2 rings (SSSR count). The molecule has 1 aromatic heterocycles. The van der Waals surface area contributed by atoms with Crippen LogP contribution in [0.1, 0.15) is 37.9 Å². The molecule has 2 N–H and O–H groups in total. The first kappa shape index (κ1) is 12.1. The zero-order valence-electron chi connectivity index (χ0n) is 9.09. The third-order valence-electron chi connectivity index (χ3n) is 3.38. The molecule has 0 amide bonds. The van der Waals surface area contributed by atoms with Crippen LogP contribution in [-0.4, -0.2) is 16.7 Å². The van der Waals surface area contributed by atoms with Gasteiger partial charge >= 0.3 is 0 Å². The maximum Gasteiger partial charge on any atom is 0.294 e. The van der Waals surface area contributed by atoms with Gasteiger partial charge in [0.1, 0.15) is 0 Å². The maximum atomic E-state index is 5.67. The number of H-pyrrole nitrogens is 1. The monoisotopic (exact) mass is 261 g/mol. The molecule has 1 aromatic rings. The summed E-state index contributed by atoms with van der Waals surface area (Å²) in [6.45, 7) is 0.808. The van der Waals surface area contributed by atoms with Crippen molar-refractivity contribution >= 4 is 24.0 Å². The van der Waals surface area contributed by atoms with E-state index in [0.29, 0.717) is 4.84 Å². The van der Waals surface area contributed by atoms with Gasteiger partial charge < -0.3 is 4.52 Å². The van der Waals surface area contributed by atoms with Crippen LogP contribution in [-0.2, 0) is 6.42 Å². The second-order valence-electron chi connectivity index (χ2n) is 4.59. The number of nitrogens with zero attached hydrogens (tertiary/aromatic N) is 1. The molecule has 6 heteroatoms. The molecule has 0 aliphatic heterocycles. The van der Waals surface area contributed by atoms with Gasteiger partial charge in [0.05, 0.1) is 0 Å². The number of hydrogen-bond donors (Lipinski definition) is 2. The third-order valence-corrected chi connectivity index (χ3v) is 3.69. The number of aromatic nitrogens is 2. The first-order chi connectivity index (χ1) is 7.74. The normalized spacial score (nSPS) is 19.8. The molecule has 1 fully saturated rings. The summed E-state index contributed by atoms with van der Waals surface area (Å²) in [5.41, 5.74) is 0.204. The van der Waals surface area contributed by atoms with Crippen LogP contribution in [0.3, 0.4) is 0 Å². The van der Waals surface area contributed by atoms with E-state index in [0.717, 1.165) is 18.8 Å². The molecule has 16 heavy (non-hydrogen) atoms. The second-order valence-corrected chi connectivity index (χ2v) is 5.23. The molecular weight excluding hydrogens is 246 g/mol. The fraction of sp³-hybridized carbons (Fsp3) is 0.800. The summed E-state index contributed by atoms with van der Waals surface area (Å²) in [7, 11) is 0. The summed E-state index contributed by atoms with van der Waals surface area (Å²) in [5, 5.41) is 3.93. The minimum absolute atomic E-state index is 0.204. The van der Waals surface area contributed by atoms with Gasteiger partial charge in [0.2, 0.25) is 0 Å². The zero-order chi connectivity index (χ0) is 11.4. The van der Waals surface area contributed by atoms with Crippen molar-refractivity contribution in [2.24, 2.45) is 5.41 Å². The average Bonchev–Trinajstić information content (AvgIpc) is 2.65. The topological polar surface area (TPSA) is 53.9 Å². The van der Waals surface area contributed by atoms with Gasteiger partial charge in [0.15, 0.2) is 5.82 Å². The summed E-state index contributed by atoms with van der Waals surface area (Å²) in [6.07, 6.45) is 7.06. The number of hydrogen-bond acceptors (Lipinski definition) is 4. The van der Waals surface area contributed by atoms with Crippen molar-refractivity contribution in [2.45, 2.75) is 38.5 Å². The molecule has 0 radical (unpaired) electrons. The lowest BCUT2D eigenvalue weighted by molar-refractivity contribution is 0.186. The molecule has 0 atom stereocenters. The lowest BCUT2D eigenvalue weighted by atomic mass is 9.72. The molecular formula is C10H16ClN3OS. The Morgan fingerprint density at radius 1 is 1.44 bits per heavy atom. The highest BCUT2D eigenvalue weighted by Gasteiger charge is 2.33. The van der Waals surface area contributed by atoms with Crippen LogP contribution >= 0.6 is 24.0 Å². The summed E-state index contributed by atoms with van der Waals surface area (Å²) in [6, 6.07) is 0. The Bertz CT molecular complexity index is 378. The summed E-state index contributed by atoms with van der Waals surface area (Å²) >= 11 is 10.5. The zero-order valence-corrected chi connectivity index (χ0v) is 10.7. The van der Waals surface area contributed by atoms with Gasteiger partial charge in [-0.1, -0.05) is 24.4 Å². The van der Waals surface area contributed by atoms with E-state index in [4.69, 9.17) is 28.5 Å². The van der Waals surface area contributed by atoms with Crippen LogP contribution in [0.4, 0.5) is 0 Å². The molecule has 1 heterocycles. The van der Waals surface area contributed by atoms with Crippen LogP contribution in [0, 0.1) is 10.3 Å². The molecule has 0 aromatic carbocycles. The van der Waals surface area contributed by atoms with Crippen molar-refractivity contribution in [3.63, 3.8) is 0 Å². The Morgan fingerprint density at radius 2 is 2.19 bits per heavy atom. The van der Waals surface area contributed by atoms with Crippen LogP contribution in [0.25, 0.3) is 0 Å². The molecule has 0 bridgehead atoms. The maximum absolute atomic E-state index is 5.67. The number of halogens is 1. The van der Waals surface area contributed by atoms with E-state index in [1.54, 1.807) is 0 Å². The fourth-order valence-electron chi connectivity index (χ4n) is 2.55. The molecule has 0 spiro atoms. The molecule has 4 nitrogen and oxygen atoms in total. The van der Waals surface area contributed by atoms with Gasteiger partial charge in [-0.25, -0.2) is 4.84 Å². The van der Waals surface area contributed by atoms with Crippen molar-refractivity contribution in [1.82, 2.24) is 15.0 Å². The Balaban J connectivity index is 2.09. The average molecular weight is 262 g/mol. The van der Waals surface area contributed by atoms with E-state index >= 15 is 0 Å². The second kappa shape index (κ2) is 5.29. The fourth-order valence-corrected chi connectivity index (χ4v) is 2.99. The number of aromatic amines is 1. The van der Waals surface area contributed by atoms with E-state index in [2.05, 4.69) is 15.0 Å². The number of nitrogens with one attached hydrogen (secondary N) is 2. The largest absolute Gasteiger partial charge is 0.324 e. The molecule has 1 aliphatic rings. The highest BCUT2D eigenvalue weighted by molar-refractivity contribution is 7.71. The predicted octanol–water partition coefficient (Wildman–Crippen LogP) is 2.97. The summed E-state index contributed by atoms with van der Waals surface area (Å²) in [5.74, 6) is 0.832. The van der Waals surface area contributed by atoms with Crippen LogP contribution < -0.4 is 4.84 Å². The van der Waals surface area contributed by atoms with Crippen LogP contribution in [0.5, 0.6) is 0 Å². The highest BCUT2D eigenvalue weighted by Crippen LogP contribution is 2.38. The molecule has 1 saturated carbocycles. The van der Waals surface area contributed by atoms with E-state index in [-0.39, 0.29) is 5.41 Å². The Labute approximate surface area is 105 Å². The lowest BCUT2D eigenvalue weighted by Crippen LogP contribution is -2.35. The van der Waals surface area contributed by atoms with E-state index < -0.39 is 0 Å². The predicted molar refractivity (Wildman–Crippen MR) is 64.8 cm³/mol. The molecule has 0 saturated heterocycles. The van der Waals surface area contributed by atoms with Gasteiger partial charge in [-0.2, -0.15) is 0 Å². The van der Waals surface area contributed by atoms with Crippen molar-refractivity contribution in [3.8, 4) is 0 Å². The SMILES string of the molecule is S=c1[nH]c(CC2(CNCl)CCCCC2)no1. The van der Waals surface area contributed by atoms with Crippen molar-refractivity contribution < 1.29 is 4.52 Å². The van der Waals surface area contributed by atoms with Crippen LogP contribution in [0.2, 0.25) is 0 Å². The minimum Gasteiger partial charge on any atom is -0.324 e. The minimum atomic E-state index is 0.204. The smallest absolute Gasteiger partial charge is 0.294 e. The Kier molecular flexibility index (Phi) is 4.00. The van der Waals surface area contributed by atoms with Gasteiger partial charge in [-0.15, -0.1) is 0 Å². The standard InChI is InChI=1S/C10H16ClN3OS/c11-12-7-10(4-2-1-3-5-10)6-8-13-9(16)15-14-8/h12H,1-7H2,(H,13,14,16). The lowest BCUT2D eigenvalue weighted by Gasteiger charge is -2.36. The molecule has 0 unspecified atom stereocenters. The van der Waals surface area contributed by atoms with E-state index in [9.17, 15) is 0 Å². The van der Waals surface area contributed by atoms with Gasteiger partial charge in [0.25, 0.3) is 4.84 Å². The van der Waals surface area contributed by atoms with Gasteiger partial charge in [0, 0.05) is 13.0 Å².